The van der Waals surface area contributed by atoms with E-state index < -0.39 is 5.97 Å². The third-order valence-electron chi connectivity index (χ3n) is 4.87. The van der Waals surface area contributed by atoms with Gasteiger partial charge in [-0.2, -0.15) is 0 Å². The minimum absolute atomic E-state index is 0.191. The van der Waals surface area contributed by atoms with Gasteiger partial charge in [0.25, 0.3) is 5.91 Å². The van der Waals surface area contributed by atoms with Gasteiger partial charge in [-0.25, -0.2) is 0 Å². The first-order valence-electron chi connectivity index (χ1n) is 8.76. The van der Waals surface area contributed by atoms with Crippen molar-refractivity contribution < 1.29 is 28.6 Å². The summed E-state index contributed by atoms with van der Waals surface area (Å²) in [5.74, 6) is 0.330. The average molecular weight is 373 g/mol. The van der Waals surface area contributed by atoms with Gasteiger partial charge < -0.3 is 23.9 Å². The predicted octanol–water partition coefficient (Wildman–Crippen LogP) is 2.47. The van der Waals surface area contributed by atoms with Crippen molar-refractivity contribution in [2.75, 3.05) is 27.3 Å². The minimum atomic E-state index is -1.03. The van der Waals surface area contributed by atoms with Crippen LogP contribution in [0.3, 0.4) is 0 Å². The number of carbonyl (C=O) groups excluding carboxylic acids is 1. The molecule has 0 saturated carbocycles. The average Bonchev–Trinajstić information content (AvgIpc) is 2.88. The van der Waals surface area contributed by atoms with E-state index in [4.69, 9.17) is 19.0 Å². The summed E-state index contributed by atoms with van der Waals surface area (Å²) in [6, 6.07) is 3.92. The fraction of sp³-hybridized carbons (Fsp3) is 0.400. The van der Waals surface area contributed by atoms with E-state index in [2.05, 4.69) is 0 Å². The fourth-order valence-corrected chi connectivity index (χ4v) is 3.47. The van der Waals surface area contributed by atoms with Gasteiger partial charge in [0.2, 0.25) is 0 Å². The van der Waals surface area contributed by atoms with E-state index >= 15 is 0 Å². The zero-order valence-corrected chi connectivity index (χ0v) is 15.7. The van der Waals surface area contributed by atoms with Gasteiger partial charge in [0.05, 0.1) is 26.0 Å². The molecule has 1 aliphatic heterocycles. The number of nitrogens with zero attached hydrogens (tertiary/aromatic N) is 1. The summed E-state index contributed by atoms with van der Waals surface area (Å²) in [5.41, 5.74) is 3.26. The lowest BCUT2D eigenvalue weighted by Gasteiger charge is -2.20. The summed E-state index contributed by atoms with van der Waals surface area (Å²) in [6.07, 6.45) is 2.50. The Morgan fingerprint density at radius 1 is 1.11 bits per heavy atom. The maximum absolute atomic E-state index is 13.1. The van der Waals surface area contributed by atoms with Crippen LogP contribution in [-0.4, -0.2) is 49.2 Å². The van der Waals surface area contributed by atoms with E-state index in [1.807, 2.05) is 12.1 Å². The lowest BCUT2D eigenvalue weighted by Crippen LogP contribution is -2.34. The van der Waals surface area contributed by atoms with Crippen molar-refractivity contribution in [3.8, 4) is 11.5 Å². The van der Waals surface area contributed by atoms with Gasteiger partial charge in [-0.05, 0) is 43.0 Å². The summed E-state index contributed by atoms with van der Waals surface area (Å²) >= 11 is 0. The molecule has 7 nitrogen and oxygen atoms in total. The second kappa shape index (κ2) is 7.73. The topological polar surface area (TPSA) is 89.2 Å². The van der Waals surface area contributed by atoms with Gasteiger partial charge >= 0.3 is 5.97 Å². The van der Waals surface area contributed by atoms with Crippen molar-refractivity contribution in [1.29, 1.82) is 0 Å². The second-order valence-electron chi connectivity index (χ2n) is 6.56. The molecule has 0 unspecified atom stereocenters. The van der Waals surface area contributed by atoms with Crippen molar-refractivity contribution in [2.45, 2.75) is 26.2 Å². The van der Waals surface area contributed by atoms with Crippen LogP contribution in [-0.2, 0) is 24.1 Å². The van der Waals surface area contributed by atoms with E-state index in [1.54, 1.807) is 26.0 Å². The van der Waals surface area contributed by atoms with Gasteiger partial charge in [0.1, 0.15) is 12.2 Å². The Labute approximate surface area is 157 Å². The lowest BCUT2D eigenvalue weighted by molar-refractivity contribution is -0.136. The quantitative estimate of drug-likeness (QED) is 0.866. The van der Waals surface area contributed by atoms with Crippen molar-refractivity contribution in [3.05, 3.63) is 46.4 Å². The van der Waals surface area contributed by atoms with Gasteiger partial charge in [0.15, 0.2) is 11.5 Å². The molecule has 1 aromatic heterocycles. The number of benzene rings is 1. The molecule has 0 atom stereocenters. The number of aliphatic carboxylic acids is 1. The van der Waals surface area contributed by atoms with Crippen LogP contribution in [0.5, 0.6) is 11.5 Å². The number of carbonyl (C=O) groups is 2. The monoisotopic (exact) mass is 373 g/mol. The van der Waals surface area contributed by atoms with Gasteiger partial charge in [-0.3, -0.25) is 9.59 Å². The maximum atomic E-state index is 13.1. The molecular formula is C20H23NO6. The lowest BCUT2D eigenvalue weighted by atomic mass is 10.0. The number of aryl methyl sites for hydroxylation is 1. The highest BCUT2D eigenvalue weighted by molar-refractivity contribution is 5.97. The highest BCUT2D eigenvalue weighted by atomic mass is 16.5. The number of amides is 1. The Morgan fingerprint density at radius 2 is 1.67 bits per heavy atom. The highest BCUT2D eigenvalue weighted by Crippen LogP contribution is 2.32. The van der Waals surface area contributed by atoms with Crippen molar-refractivity contribution in [3.63, 3.8) is 0 Å². The molecule has 0 saturated heterocycles. The molecule has 0 aliphatic carbocycles. The predicted molar refractivity (Wildman–Crippen MR) is 97.6 cm³/mol. The third kappa shape index (κ3) is 3.77. The summed E-state index contributed by atoms with van der Waals surface area (Å²) in [6.45, 7) is 2.83. The number of ether oxygens (including phenoxy) is 2. The molecule has 0 spiro atoms. The van der Waals surface area contributed by atoms with Crippen molar-refractivity contribution in [2.24, 2.45) is 0 Å². The zero-order chi connectivity index (χ0) is 19.6. The Balaban J connectivity index is 1.84. The Hall–Kier alpha value is -2.96. The molecule has 0 bridgehead atoms. The number of carboxylic acids is 1. The number of rotatable bonds is 5. The number of hydrogen-bond donors (Lipinski definition) is 1. The van der Waals surface area contributed by atoms with E-state index in [1.165, 1.54) is 6.26 Å². The van der Waals surface area contributed by atoms with E-state index in [9.17, 15) is 9.59 Å². The smallest absolute Gasteiger partial charge is 0.311 e. The van der Waals surface area contributed by atoms with Crippen LogP contribution in [0.2, 0.25) is 0 Å². The molecule has 7 heteroatoms. The van der Waals surface area contributed by atoms with Gasteiger partial charge in [-0.1, -0.05) is 0 Å². The molecule has 2 heterocycles. The molecular weight excluding hydrogens is 350 g/mol. The molecule has 1 amide bonds. The Kier molecular flexibility index (Phi) is 5.39. The Morgan fingerprint density at radius 3 is 2.15 bits per heavy atom. The molecule has 1 N–H and O–H groups in total. The molecule has 0 radical (unpaired) electrons. The number of hydrogen-bond acceptors (Lipinski definition) is 5. The van der Waals surface area contributed by atoms with E-state index in [0.717, 1.165) is 11.1 Å². The van der Waals surface area contributed by atoms with Crippen LogP contribution in [0.4, 0.5) is 0 Å². The molecule has 1 aliphatic rings. The van der Waals surface area contributed by atoms with Crippen molar-refractivity contribution in [1.82, 2.24) is 4.90 Å². The van der Waals surface area contributed by atoms with Gasteiger partial charge in [-0.15, -0.1) is 0 Å². The third-order valence-corrected chi connectivity index (χ3v) is 4.87. The first-order valence-corrected chi connectivity index (χ1v) is 8.76. The van der Waals surface area contributed by atoms with Crippen LogP contribution >= 0.6 is 0 Å². The number of carboxylic acid groups (broad SMARTS) is 1. The van der Waals surface area contributed by atoms with Crippen LogP contribution < -0.4 is 9.47 Å². The highest BCUT2D eigenvalue weighted by Gasteiger charge is 2.27. The van der Waals surface area contributed by atoms with E-state index in [-0.39, 0.29) is 18.1 Å². The summed E-state index contributed by atoms with van der Waals surface area (Å²) < 4.78 is 16.1. The van der Waals surface area contributed by atoms with Crippen molar-refractivity contribution >= 4 is 11.9 Å². The number of fused-ring (bicyclic) bond motifs is 1. The summed E-state index contributed by atoms with van der Waals surface area (Å²) in [5, 5.41) is 9.05. The SMILES string of the molecule is COc1cc2c(cc1OC)CCN(C(=O)c1c(C)coc1CC(=O)O)CC2. The zero-order valence-electron chi connectivity index (χ0n) is 15.7. The Bertz CT molecular complexity index is 835. The van der Waals surface area contributed by atoms with Crippen LogP contribution in [0.1, 0.15) is 32.8 Å². The first-order chi connectivity index (χ1) is 12.9. The molecule has 2 aromatic rings. The molecule has 0 fully saturated rings. The molecule has 27 heavy (non-hydrogen) atoms. The molecule has 3 rings (SSSR count). The van der Waals surface area contributed by atoms with Gasteiger partial charge in [0, 0.05) is 18.7 Å². The maximum Gasteiger partial charge on any atom is 0.311 e. The largest absolute Gasteiger partial charge is 0.493 e. The van der Waals surface area contributed by atoms with E-state index in [0.29, 0.717) is 48.6 Å². The first kappa shape index (κ1) is 18.8. The molecule has 144 valence electrons. The van der Waals surface area contributed by atoms with Crippen LogP contribution in [0.15, 0.2) is 22.8 Å². The number of furan rings is 1. The second-order valence-corrected chi connectivity index (χ2v) is 6.56. The normalized spacial score (nSPS) is 13.7. The number of methoxy groups -OCH3 is 2. The standard InChI is InChI=1S/C20H23NO6/c1-12-11-27-17(10-18(22)23)19(12)20(24)21-6-4-13-8-15(25-2)16(26-3)9-14(13)5-7-21/h8-9,11H,4-7,10H2,1-3H3,(H,22,23). The van der Waals surface area contributed by atoms with Crippen LogP contribution in [0.25, 0.3) is 0 Å². The minimum Gasteiger partial charge on any atom is -0.493 e. The van der Waals surface area contributed by atoms with Crippen LogP contribution in [0, 0.1) is 6.92 Å². The summed E-state index contributed by atoms with van der Waals surface area (Å²) in [4.78, 5) is 25.9. The fourth-order valence-electron chi connectivity index (χ4n) is 3.47. The summed E-state index contributed by atoms with van der Waals surface area (Å²) in [7, 11) is 3.20. The molecule has 1 aromatic carbocycles.